The van der Waals surface area contributed by atoms with Gasteiger partial charge in [-0.25, -0.2) is 0 Å². The maximum atomic E-state index is 14.5. The van der Waals surface area contributed by atoms with Gasteiger partial charge >= 0.3 is 0 Å². The highest BCUT2D eigenvalue weighted by Crippen LogP contribution is 2.65. The zero-order valence-corrected chi connectivity index (χ0v) is 25.0. The second-order valence-corrected chi connectivity index (χ2v) is 13.2. The second kappa shape index (κ2) is 9.52. The molecule has 5 rings (SSSR count). The maximum absolute atomic E-state index is 14.5. The Labute approximate surface area is 241 Å². The van der Waals surface area contributed by atoms with Crippen molar-refractivity contribution in [3.63, 3.8) is 0 Å². The molecule has 2 aromatic rings. The van der Waals surface area contributed by atoms with Crippen LogP contribution in [-0.4, -0.2) is 38.3 Å². The summed E-state index contributed by atoms with van der Waals surface area (Å²) in [6.45, 7) is 12.8. The number of hydrogen-bond donors (Lipinski definition) is 3. The number of carbonyl (C=O) groups is 3. The van der Waals surface area contributed by atoms with E-state index in [4.69, 9.17) is 0 Å². The highest BCUT2D eigenvalue weighted by atomic mass is 16.3. The van der Waals surface area contributed by atoms with Crippen molar-refractivity contribution in [1.29, 1.82) is 0 Å². The van der Waals surface area contributed by atoms with Crippen LogP contribution < -0.4 is 0 Å². The van der Waals surface area contributed by atoms with E-state index in [1.165, 1.54) is 13.0 Å². The molecule has 6 nitrogen and oxygen atoms in total. The van der Waals surface area contributed by atoms with Crippen LogP contribution in [-0.2, 0) is 27.2 Å². The van der Waals surface area contributed by atoms with Gasteiger partial charge < -0.3 is 15.3 Å². The van der Waals surface area contributed by atoms with Gasteiger partial charge in [-0.15, -0.1) is 0 Å². The van der Waals surface area contributed by atoms with Crippen molar-refractivity contribution >= 4 is 23.1 Å². The summed E-state index contributed by atoms with van der Waals surface area (Å²) in [6, 6.07) is 11.5. The van der Waals surface area contributed by atoms with Gasteiger partial charge in [-0.2, -0.15) is 0 Å². The van der Waals surface area contributed by atoms with Crippen molar-refractivity contribution in [3.8, 4) is 16.9 Å². The Kier molecular flexibility index (Phi) is 6.73. The largest absolute Gasteiger partial charge is 0.507 e. The van der Waals surface area contributed by atoms with Crippen LogP contribution in [0.5, 0.6) is 5.75 Å². The zero-order chi connectivity index (χ0) is 30.2. The lowest BCUT2D eigenvalue weighted by Crippen LogP contribution is -2.70. The molecule has 0 spiro atoms. The quantitative estimate of drug-likeness (QED) is 0.294. The van der Waals surface area contributed by atoms with E-state index in [0.29, 0.717) is 12.0 Å². The van der Waals surface area contributed by atoms with E-state index in [1.54, 1.807) is 13.8 Å². The van der Waals surface area contributed by atoms with Crippen LogP contribution in [0.25, 0.3) is 16.9 Å². The van der Waals surface area contributed by atoms with E-state index >= 15 is 0 Å². The number of phenols is 1. The molecule has 0 saturated heterocycles. The fourth-order valence-corrected chi connectivity index (χ4v) is 8.77. The first kappa shape index (κ1) is 29.0. The lowest BCUT2D eigenvalue weighted by Gasteiger charge is -2.60. The Hall–Kier alpha value is -3.51. The molecule has 3 N–H and O–H groups in total. The average molecular weight is 557 g/mol. The number of phenolic OH excluding ortho intramolecular Hbond substituents is 1. The van der Waals surface area contributed by atoms with Gasteiger partial charge in [0.1, 0.15) is 11.5 Å². The molecule has 41 heavy (non-hydrogen) atoms. The standard InChI is InChI=1S/C35H40O6/c1-8-11-21-12-9-10-13-22(21)23-14-15-25(37)27-24(23)16-33(6)17-34(7)28(18(2)3)19(4)26(20(5)36)31(39)35(34,41)32(40)29(33)30(27)38/h9-10,12-15,18,28,37-38,41H,8,11,16-17H2,1-7H3/t28-,33+,34+,35-/m1/s1. The maximum Gasteiger partial charge on any atom is 0.206 e. The van der Waals surface area contributed by atoms with E-state index in [9.17, 15) is 29.7 Å². The van der Waals surface area contributed by atoms with Gasteiger partial charge in [-0.05, 0) is 73.3 Å². The summed E-state index contributed by atoms with van der Waals surface area (Å²) in [7, 11) is 0. The highest BCUT2D eigenvalue weighted by Gasteiger charge is 2.72. The fourth-order valence-electron chi connectivity index (χ4n) is 8.77. The predicted molar refractivity (Wildman–Crippen MR) is 158 cm³/mol. The smallest absolute Gasteiger partial charge is 0.206 e. The minimum Gasteiger partial charge on any atom is -0.507 e. The third kappa shape index (κ3) is 3.76. The molecule has 6 heteroatoms. The van der Waals surface area contributed by atoms with E-state index in [2.05, 4.69) is 13.0 Å². The third-order valence-corrected chi connectivity index (χ3v) is 10.0. The Morgan fingerprint density at radius 1 is 1.02 bits per heavy atom. The Balaban J connectivity index is 1.81. The van der Waals surface area contributed by atoms with Gasteiger partial charge in [0.15, 0.2) is 11.4 Å². The number of carbonyl (C=O) groups excluding carboxylic acids is 3. The van der Waals surface area contributed by atoms with E-state index < -0.39 is 45.5 Å². The second-order valence-electron chi connectivity index (χ2n) is 13.2. The van der Waals surface area contributed by atoms with Crippen molar-refractivity contribution in [2.24, 2.45) is 22.7 Å². The number of ketones is 3. The first-order chi connectivity index (χ1) is 19.2. The van der Waals surface area contributed by atoms with Gasteiger partial charge in [0, 0.05) is 16.4 Å². The number of hydrogen-bond acceptors (Lipinski definition) is 6. The summed E-state index contributed by atoms with van der Waals surface area (Å²) < 4.78 is 0. The fraction of sp³-hybridized carbons (Fsp3) is 0.457. The van der Waals surface area contributed by atoms with Crippen LogP contribution in [0.2, 0.25) is 0 Å². The molecular weight excluding hydrogens is 516 g/mol. The van der Waals surface area contributed by atoms with Crippen molar-refractivity contribution in [2.75, 3.05) is 0 Å². The average Bonchev–Trinajstić information content (AvgIpc) is 2.86. The summed E-state index contributed by atoms with van der Waals surface area (Å²) in [5.74, 6) is -3.36. The van der Waals surface area contributed by atoms with E-state index in [1.807, 2.05) is 45.0 Å². The van der Waals surface area contributed by atoms with Crippen LogP contribution in [0.4, 0.5) is 0 Å². The number of allylic oxidation sites excluding steroid dienone is 1. The molecule has 0 amide bonds. The van der Waals surface area contributed by atoms with Crippen LogP contribution in [0.15, 0.2) is 53.1 Å². The summed E-state index contributed by atoms with van der Waals surface area (Å²) in [6.07, 6.45) is 2.37. The summed E-state index contributed by atoms with van der Waals surface area (Å²) in [5, 5.41) is 35.1. The monoisotopic (exact) mass is 556 g/mol. The first-order valence-electron chi connectivity index (χ1n) is 14.6. The van der Waals surface area contributed by atoms with Crippen molar-refractivity contribution < 1.29 is 29.7 Å². The lowest BCUT2D eigenvalue weighted by atomic mass is 9.42. The first-order valence-corrected chi connectivity index (χ1v) is 14.6. The number of fused-ring (bicyclic) bond motifs is 3. The van der Waals surface area contributed by atoms with Gasteiger partial charge in [0.2, 0.25) is 11.6 Å². The number of aliphatic hydroxyl groups is 2. The van der Waals surface area contributed by atoms with Gasteiger partial charge in [0.05, 0.1) is 11.1 Å². The lowest BCUT2D eigenvalue weighted by molar-refractivity contribution is -0.180. The Morgan fingerprint density at radius 2 is 1.68 bits per heavy atom. The normalized spacial score (nSPS) is 29.4. The molecule has 1 fully saturated rings. The molecule has 0 radical (unpaired) electrons. The van der Waals surface area contributed by atoms with Gasteiger partial charge in [-0.1, -0.05) is 76.9 Å². The molecule has 0 aliphatic heterocycles. The molecule has 3 aliphatic carbocycles. The molecule has 0 bridgehead atoms. The molecule has 4 atom stereocenters. The van der Waals surface area contributed by atoms with Crippen LogP contribution in [0.1, 0.15) is 78.0 Å². The topological polar surface area (TPSA) is 112 Å². The number of aryl methyl sites for hydroxylation is 1. The third-order valence-electron chi connectivity index (χ3n) is 10.0. The van der Waals surface area contributed by atoms with Crippen LogP contribution in [0, 0.1) is 22.7 Å². The number of rotatable bonds is 5. The van der Waals surface area contributed by atoms with Gasteiger partial charge in [0.25, 0.3) is 0 Å². The van der Waals surface area contributed by atoms with Crippen molar-refractivity contribution in [1.82, 2.24) is 0 Å². The number of aliphatic hydroxyl groups excluding tert-OH is 1. The minimum atomic E-state index is -2.52. The SMILES string of the molecule is CCCc1ccccc1-c1ccc(O)c2c1C[C@@]1(C)C[C@@]3(C)[C@H](C(C)C)C(C)=C(C(C)=O)C(=O)[C@@]3(O)C(=O)C1=C2O. The van der Waals surface area contributed by atoms with Gasteiger partial charge in [-0.3, -0.25) is 14.4 Å². The minimum absolute atomic E-state index is 0.0578. The number of aromatic hydroxyl groups is 1. The highest BCUT2D eigenvalue weighted by molar-refractivity contribution is 6.33. The zero-order valence-electron chi connectivity index (χ0n) is 25.0. The summed E-state index contributed by atoms with van der Waals surface area (Å²) in [5.41, 5.74) is -0.362. The molecular formula is C35H40O6. The molecule has 2 aromatic carbocycles. The Bertz CT molecular complexity index is 1570. The van der Waals surface area contributed by atoms with Crippen LogP contribution >= 0.6 is 0 Å². The summed E-state index contributed by atoms with van der Waals surface area (Å²) >= 11 is 0. The molecule has 216 valence electrons. The van der Waals surface area contributed by atoms with Crippen molar-refractivity contribution in [3.05, 3.63) is 69.8 Å². The van der Waals surface area contributed by atoms with E-state index in [-0.39, 0.29) is 34.8 Å². The predicted octanol–water partition coefficient (Wildman–Crippen LogP) is 6.31. The number of Topliss-reactive ketones (excluding diaryl/α,β-unsaturated/α-hetero) is 3. The number of benzene rings is 2. The summed E-state index contributed by atoms with van der Waals surface area (Å²) in [4.78, 5) is 41.1. The van der Waals surface area contributed by atoms with E-state index in [0.717, 1.165) is 35.1 Å². The molecule has 3 aliphatic rings. The van der Waals surface area contributed by atoms with Crippen LogP contribution in [0.3, 0.4) is 0 Å². The van der Waals surface area contributed by atoms with Crippen molar-refractivity contribution in [2.45, 2.75) is 79.8 Å². The molecule has 1 saturated carbocycles. The molecule has 0 unspecified atom stereocenters. The molecule has 0 aromatic heterocycles. The Morgan fingerprint density at radius 3 is 2.29 bits per heavy atom. The molecule has 0 heterocycles.